The molecule has 296 valence electrons. The maximum absolute atomic E-state index is 5.81. The molecule has 64 heavy (non-hydrogen) atoms. The lowest BCUT2D eigenvalue weighted by Gasteiger charge is -2.17. The molecular weight excluding hydrogens is 797 g/mol. The molecule has 0 amide bonds. The highest BCUT2D eigenvalue weighted by Crippen LogP contribution is 2.56. The van der Waals surface area contributed by atoms with E-state index in [4.69, 9.17) is 9.97 Å². The lowest BCUT2D eigenvalue weighted by atomic mass is 9.89. The maximum atomic E-state index is 5.81. The number of thiophene rings is 1. The third-order valence-corrected chi connectivity index (χ3v) is 15.0. The third kappa shape index (κ3) is 4.55. The van der Waals surface area contributed by atoms with E-state index in [9.17, 15) is 0 Å². The van der Waals surface area contributed by atoms with Gasteiger partial charge in [0.1, 0.15) is 4.83 Å². The molecule has 14 aromatic rings. The molecule has 0 fully saturated rings. The van der Waals surface area contributed by atoms with Crippen molar-refractivity contribution in [2.75, 3.05) is 0 Å². The first kappa shape index (κ1) is 34.5. The number of hydrogen-bond donors (Lipinski definition) is 0. The van der Waals surface area contributed by atoms with E-state index in [1.54, 1.807) is 11.3 Å². The van der Waals surface area contributed by atoms with Gasteiger partial charge in [0.25, 0.3) is 0 Å². The second-order valence-electron chi connectivity index (χ2n) is 17.2. The van der Waals surface area contributed by atoms with E-state index >= 15 is 0 Å². The van der Waals surface area contributed by atoms with Crippen molar-refractivity contribution in [3.8, 4) is 39.3 Å². The zero-order valence-corrected chi connectivity index (χ0v) is 35.1. The minimum Gasteiger partial charge on any atom is -0.309 e. The Kier molecular flexibility index (Phi) is 6.85. The second kappa shape index (κ2) is 12.7. The molecule has 0 saturated carbocycles. The zero-order chi connectivity index (χ0) is 41.6. The summed E-state index contributed by atoms with van der Waals surface area (Å²) in [6.45, 7) is 0. The Morgan fingerprint density at radius 1 is 0.422 bits per heavy atom. The summed E-state index contributed by atoms with van der Waals surface area (Å²) >= 11 is 1.77. The lowest BCUT2D eigenvalue weighted by molar-refractivity contribution is 0.957. The van der Waals surface area contributed by atoms with Crippen molar-refractivity contribution in [2.24, 2.45) is 0 Å². The normalized spacial score (nSPS) is 13.8. The van der Waals surface area contributed by atoms with E-state index in [-0.39, 0.29) is 5.92 Å². The smallest absolute Gasteiger partial charge is 0.161 e. The molecule has 5 heteroatoms. The van der Waals surface area contributed by atoms with Crippen LogP contribution in [0.1, 0.15) is 22.7 Å². The first-order chi connectivity index (χ1) is 31.8. The Balaban J connectivity index is 1.04. The van der Waals surface area contributed by atoms with Crippen LogP contribution in [-0.4, -0.2) is 18.9 Å². The molecule has 0 bridgehead atoms. The van der Waals surface area contributed by atoms with E-state index in [0.717, 1.165) is 38.5 Å². The monoisotopic (exact) mass is 830 g/mol. The molecule has 1 unspecified atom stereocenters. The Labute approximate surface area is 370 Å². The van der Waals surface area contributed by atoms with E-state index in [1.807, 2.05) is 0 Å². The highest BCUT2D eigenvalue weighted by Gasteiger charge is 2.37. The van der Waals surface area contributed by atoms with Crippen LogP contribution in [0.5, 0.6) is 0 Å². The van der Waals surface area contributed by atoms with E-state index < -0.39 is 0 Å². The number of fused-ring (bicyclic) bond motifs is 16. The zero-order valence-electron chi connectivity index (χ0n) is 34.3. The van der Waals surface area contributed by atoms with Crippen molar-refractivity contribution < 1.29 is 0 Å². The molecule has 9 aromatic carbocycles. The van der Waals surface area contributed by atoms with Gasteiger partial charge in [-0.25, -0.2) is 9.97 Å². The quantitative estimate of drug-likeness (QED) is 0.177. The number of nitrogens with zero attached hydrogens (tertiary/aromatic N) is 4. The molecule has 0 N–H and O–H groups in total. The molecule has 5 heterocycles. The lowest BCUT2D eigenvalue weighted by Crippen LogP contribution is -2.05. The number of rotatable bonds is 4. The first-order valence-electron chi connectivity index (χ1n) is 21.9. The van der Waals surface area contributed by atoms with Crippen molar-refractivity contribution >= 4 is 91.5 Å². The molecule has 1 aliphatic rings. The van der Waals surface area contributed by atoms with Crippen LogP contribution in [0.4, 0.5) is 0 Å². The molecule has 5 aromatic heterocycles. The first-order valence-corrected chi connectivity index (χ1v) is 22.8. The summed E-state index contributed by atoms with van der Waals surface area (Å²) < 4.78 is 6.12. The minimum atomic E-state index is -0.122. The van der Waals surface area contributed by atoms with E-state index in [1.165, 1.54) is 97.9 Å². The molecular formula is C59H34N4S. The summed E-state index contributed by atoms with van der Waals surface area (Å²) in [6.07, 6.45) is 0. The van der Waals surface area contributed by atoms with Crippen molar-refractivity contribution in [2.45, 2.75) is 5.92 Å². The molecule has 0 radical (unpaired) electrons. The van der Waals surface area contributed by atoms with Crippen LogP contribution in [0, 0.1) is 0 Å². The van der Waals surface area contributed by atoms with Gasteiger partial charge in [0.2, 0.25) is 0 Å². The highest BCUT2D eigenvalue weighted by molar-refractivity contribution is 7.25. The van der Waals surface area contributed by atoms with Crippen LogP contribution < -0.4 is 0 Å². The standard InChI is InChI=1S/C59H34N4S/c1-3-15-34(16-4-1)35-27-29-40-45-33-46-52(54-43-22-10-13-25-48(43)63(57(45)54)50(40)31-35)41-20-7-8-21-42(41)53(46)56-55-44-23-11-14-26-51(44)64-59(55)61-58(60-56)36-28-30-39-38-19-9-12-24-47(38)62(49(39)32-36)37-17-5-2-6-18-37/h1-33,53H. The van der Waals surface area contributed by atoms with Crippen molar-refractivity contribution in [3.05, 3.63) is 217 Å². The third-order valence-electron chi connectivity index (χ3n) is 13.9. The Morgan fingerprint density at radius 3 is 1.94 bits per heavy atom. The fraction of sp³-hybridized carbons (Fsp3) is 0.0169. The highest BCUT2D eigenvalue weighted by atomic mass is 32.1. The van der Waals surface area contributed by atoms with Gasteiger partial charge in [-0.05, 0) is 81.9 Å². The Bertz CT molecular complexity index is 4250. The molecule has 1 aliphatic carbocycles. The van der Waals surface area contributed by atoms with Crippen LogP contribution >= 0.6 is 11.3 Å². The van der Waals surface area contributed by atoms with E-state index in [2.05, 4.69) is 209 Å². The average molecular weight is 831 g/mol. The number of hydrogen-bond acceptors (Lipinski definition) is 3. The van der Waals surface area contributed by atoms with Crippen LogP contribution in [0.3, 0.4) is 0 Å². The van der Waals surface area contributed by atoms with Crippen molar-refractivity contribution in [1.82, 2.24) is 18.9 Å². The van der Waals surface area contributed by atoms with Crippen LogP contribution in [0.2, 0.25) is 0 Å². The predicted molar refractivity (Wildman–Crippen MR) is 268 cm³/mol. The molecule has 0 spiro atoms. The van der Waals surface area contributed by atoms with Gasteiger partial charge in [-0.3, -0.25) is 0 Å². The van der Waals surface area contributed by atoms with Crippen LogP contribution in [0.25, 0.3) is 120 Å². The van der Waals surface area contributed by atoms with Gasteiger partial charge in [0.05, 0.1) is 39.2 Å². The average Bonchev–Trinajstić information content (AvgIpc) is 4.15. The Hall–Kier alpha value is -8.12. The number of para-hydroxylation sites is 3. The van der Waals surface area contributed by atoms with Gasteiger partial charge in [-0.15, -0.1) is 11.3 Å². The van der Waals surface area contributed by atoms with E-state index in [0.29, 0.717) is 0 Å². The van der Waals surface area contributed by atoms with Gasteiger partial charge >= 0.3 is 0 Å². The summed E-state index contributed by atoms with van der Waals surface area (Å²) in [6, 6.07) is 73.3. The maximum Gasteiger partial charge on any atom is 0.161 e. The molecule has 15 rings (SSSR count). The minimum absolute atomic E-state index is 0.122. The fourth-order valence-corrected chi connectivity index (χ4v) is 12.4. The number of aromatic nitrogens is 4. The summed E-state index contributed by atoms with van der Waals surface area (Å²) in [5, 5.41) is 9.92. The molecule has 1 atom stereocenters. The summed E-state index contributed by atoms with van der Waals surface area (Å²) in [5.41, 5.74) is 16.9. The van der Waals surface area contributed by atoms with Crippen molar-refractivity contribution in [1.29, 1.82) is 0 Å². The molecule has 0 aliphatic heterocycles. The topological polar surface area (TPSA) is 35.1 Å². The van der Waals surface area contributed by atoms with Crippen LogP contribution in [0.15, 0.2) is 200 Å². The fourth-order valence-electron chi connectivity index (χ4n) is 11.3. The van der Waals surface area contributed by atoms with Gasteiger partial charge < -0.3 is 8.97 Å². The van der Waals surface area contributed by atoms with Gasteiger partial charge in [-0.2, -0.15) is 0 Å². The predicted octanol–water partition coefficient (Wildman–Crippen LogP) is 15.6. The summed E-state index contributed by atoms with van der Waals surface area (Å²) in [4.78, 5) is 12.3. The van der Waals surface area contributed by atoms with Gasteiger partial charge in [-0.1, -0.05) is 152 Å². The summed E-state index contributed by atoms with van der Waals surface area (Å²) in [7, 11) is 0. The second-order valence-corrected chi connectivity index (χ2v) is 18.2. The number of benzene rings is 9. The molecule has 4 nitrogen and oxygen atoms in total. The SMILES string of the molecule is c1ccc(-c2ccc3c4cc5c(c6c7ccccc7n(c3c2)c46)-c2ccccc2C5c2nc(-c3ccc4c5ccccc5n(-c5ccccc5)c4c3)nc3sc4ccccc4c23)cc1. The largest absolute Gasteiger partial charge is 0.309 e. The Morgan fingerprint density at radius 2 is 1.08 bits per heavy atom. The summed E-state index contributed by atoms with van der Waals surface area (Å²) in [5.74, 6) is 0.621. The van der Waals surface area contributed by atoms with Gasteiger partial charge in [0.15, 0.2) is 5.82 Å². The van der Waals surface area contributed by atoms with Crippen molar-refractivity contribution in [3.63, 3.8) is 0 Å². The van der Waals surface area contributed by atoms with Gasteiger partial charge in [0, 0.05) is 59.0 Å². The molecule has 0 saturated heterocycles. The van der Waals surface area contributed by atoms with Crippen LogP contribution in [-0.2, 0) is 0 Å².